The molecular formula is C23H19ClN4OS2. The molecule has 0 saturated heterocycles. The molecule has 0 aliphatic heterocycles. The molecule has 0 saturated carbocycles. The van der Waals surface area contributed by atoms with Crippen molar-refractivity contribution in [1.29, 1.82) is 0 Å². The Hall–Kier alpha value is -2.61. The summed E-state index contributed by atoms with van der Waals surface area (Å²) in [6, 6.07) is 20.0. The molecule has 0 aliphatic rings. The maximum absolute atomic E-state index is 13.3. The fraction of sp³-hybridized carbons (Fsp3) is 0.174. The summed E-state index contributed by atoms with van der Waals surface area (Å²) in [6.07, 6.45) is 0. The van der Waals surface area contributed by atoms with Crippen LogP contribution in [0.4, 0.5) is 0 Å². The summed E-state index contributed by atoms with van der Waals surface area (Å²) in [5, 5.41) is 12.3. The highest BCUT2D eigenvalue weighted by Crippen LogP contribution is 2.28. The molecule has 1 atom stereocenters. The second-order valence-electron chi connectivity index (χ2n) is 7.40. The quantitative estimate of drug-likeness (QED) is 0.294. The molecule has 156 valence electrons. The second kappa shape index (κ2) is 8.49. The Morgan fingerprint density at radius 2 is 1.84 bits per heavy atom. The number of fused-ring (bicyclic) bond motifs is 3. The first kappa shape index (κ1) is 20.3. The largest absolute Gasteiger partial charge is 0.275 e. The Morgan fingerprint density at radius 1 is 1.06 bits per heavy atom. The molecule has 3 heterocycles. The van der Waals surface area contributed by atoms with E-state index in [-0.39, 0.29) is 11.5 Å². The molecule has 2 aromatic carbocycles. The van der Waals surface area contributed by atoms with Crippen molar-refractivity contribution in [3.63, 3.8) is 0 Å². The molecule has 5 rings (SSSR count). The third-order valence-electron chi connectivity index (χ3n) is 5.29. The Bertz CT molecular complexity index is 1410. The molecule has 0 radical (unpaired) electrons. The molecule has 8 heteroatoms. The molecule has 0 bridgehead atoms. The van der Waals surface area contributed by atoms with Crippen LogP contribution < -0.4 is 5.56 Å². The Balaban J connectivity index is 1.55. The van der Waals surface area contributed by atoms with Crippen molar-refractivity contribution in [2.45, 2.75) is 30.3 Å². The van der Waals surface area contributed by atoms with Crippen LogP contribution in [0.2, 0.25) is 5.02 Å². The number of hydrogen-bond acceptors (Lipinski definition) is 5. The molecule has 3 aromatic heterocycles. The topological polar surface area (TPSA) is 52.2 Å². The Kier molecular flexibility index (Phi) is 5.56. The minimum Gasteiger partial charge on any atom is -0.275 e. The van der Waals surface area contributed by atoms with Gasteiger partial charge in [0.05, 0.1) is 5.52 Å². The van der Waals surface area contributed by atoms with Gasteiger partial charge in [0.1, 0.15) is 4.70 Å². The van der Waals surface area contributed by atoms with Gasteiger partial charge in [-0.15, -0.1) is 21.5 Å². The van der Waals surface area contributed by atoms with Crippen LogP contribution in [0, 0.1) is 0 Å². The molecule has 0 aliphatic carbocycles. The van der Waals surface area contributed by atoms with Crippen molar-refractivity contribution in [2.75, 3.05) is 0 Å². The maximum Gasteiger partial charge on any atom is 0.272 e. The Labute approximate surface area is 192 Å². The summed E-state index contributed by atoms with van der Waals surface area (Å²) in [7, 11) is 0. The number of thiophene rings is 1. The number of halogens is 1. The van der Waals surface area contributed by atoms with Crippen molar-refractivity contribution < 1.29 is 0 Å². The van der Waals surface area contributed by atoms with Crippen molar-refractivity contribution in [3.05, 3.63) is 92.5 Å². The number of benzene rings is 2. The number of nitrogens with zero attached hydrogens (tertiary/aromatic N) is 4. The van der Waals surface area contributed by atoms with E-state index in [1.54, 1.807) is 16.3 Å². The van der Waals surface area contributed by atoms with E-state index in [2.05, 4.69) is 29.3 Å². The minimum atomic E-state index is -0.0121. The minimum absolute atomic E-state index is 0.0121. The molecular weight excluding hydrogens is 448 g/mol. The predicted octanol–water partition coefficient (Wildman–Crippen LogP) is 5.86. The van der Waals surface area contributed by atoms with E-state index in [0.29, 0.717) is 12.3 Å². The lowest BCUT2D eigenvalue weighted by Gasteiger charge is -2.15. The number of thioether (sulfide) groups is 1. The fourth-order valence-electron chi connectivity index (χ4n) is 3.65. The van der Waals surface area contributed by atoms with Crippen molar-refractivity contribution >= 4 is 50.7 Å². The SMILES string of the molecule is C[C@@H](Cn1c(=O)c2sccc2n2c(SCc3ccc(Cl)cc3)nnc12)c1ccccc1. The number of aromatic nitrogens is 4. The molecule has 0 unspecified atom stereocenters. The van der Waals surface area contributed by atoms with Crippen LogP contribution in [0.15, 0.2) is 76.0 Å². The molecule has 0 fully saturated rings. The van der Waals surface area contributed by atoms with Gasteiger partial charge in [0.25, 0.3) is 5.56 Å². The summed E-state index contributed by atoms with van der Waals surface area (Å²) in [6.45, 7) is 2.67. The van der Waals surface area contributed by atoms with Gasteiger partial charge in [-0.3, -0.25) is 13.8 Å². The molecule has 0 N–H and O–H groups in total. The average Bonchev–Trinajstić information content (AvgIpc) is 3.44. The zero-order valence-corrected chi connectivity index (χ0v) is 19.1. The van der Waals surface area contributed by atoms with Gasteiger partial charge in [0, 0.05) is 17.3 Å². The van der Waals surface area contributed by atoms with Gasteiger partial charge in [-0.1, -0.05) is 72.8 Å². The maximum atomic E-state index is 13.3. The molecule has 5 aromatic rings. The van der Waals surface area contributed by atoms with Crippen LogP contribution in [-0.2, 0) is 12.3 Å². The highest BCUT2D eigenvalue weighted by molar-refractivity contribution is 7.98. The smallest absolute Gasteiger partial charge is 0.272 e. The molecule has 31 heavy (non-hydrogen) atoms. The number of hydrogen-bond donors (Lipinski definition) is 0. The second-order valence-corrected chi connectivity index (χ2v) is 9.69. The van der Waals surface area contributed by atoms with E-state index in [9.17, 15) is 4.79 Å². The van der Waals surface area contributed by atoms with E-state index in [1.807, 2.05) is 58.3 Å². The number of rotatable bonds is 6. The Morgan fingerprint density at radius 3 is 2.61 bits per heavy atom. The van der Waals surface area contributed by atoms with E-state index < -0.39 is 0 Å². The normalized spacial score (nSPS) is 12.6. The third kappa shape index (κ3) is 3.89. The fourth-order valence-corrected chi connectivity index (χ4v) is 5.49. The van der Waals surface area contributed by atoms with Gasteiger partial charge in [-0.2, -0.15) is 0 Å². The van der Waals surface area contributed by atoms with E-state index >= 15 is 0 Å². The van der Waals surface area contributed by atoms with Crippen molar-refractivity contribution in [3.8, 4) is 0 Å². The summed E-state index contributed by atoms with van der Waals surface area (Å²) in [5.41, 5.74) is 3.19. The molecule has 0 amide bonds. The van der Waals surface area contributed by atoms with Crippen LogP contribution in [0.5, 0.6) is 0 Å². The third-order valence-corrected chi connectivity index (χ3v) is 7.43. The average molecular weight is 467 g/mol. The molecule has 0 spiro atoms. The zero-order valence-electron chi connectivity index (χ0n) is 16.7. The first-order valence-electron chi connectivity index (χ1n) is 9.89. The lowest BCUT2D eigenvalue weighted by Crippen LogP contribution is -2.24. The summed E-state index contributed by atoms with van der Waals surface area (Å²) in [4.78, 5) is 13.3. The summed E-state index contributed by atoms with van der Waals surface area (Å²) in [5.74, 6) is 1.49. The highest BCUT2D eigenvalue weighted by Gasteiger charge is 2.19. The zero-order chi connectivity index (χ0) is 21.4. The highest BCUT2D eigenvalue weighted by atomic mass is 35.5. The van der Waals surface area contributed by atoms with Gasteiger partial charge in [-0.25, -0.2) is 0 Å². The van der Waals surface area contributed by atoms with Gasteiger partial charge in [0.2, 0.25) is 5.78 Å². The lowest BCUT2D eigenvalue weighted by molar-refractivity contribution is 0.588. The monoisotopic (exact) mass is 466 g/mol. The van der Waals surface area contributed by atoms with E-state index in [4.69, 9.17) is 11.6 Å². The standard InChI is InChI=1S/C23H19ClN4OS2/c1-15(17-5-3-2-4-6-17)13-27-21(29)20-19(11-12-30-20)28-22(27)25-26-23(28)31-14-16-7-9-18(24)10-8-16/h2-12,15H,13-14H2,1H3/t15-/m0/s1. The predicted molar refractivity (Wildman–Crippen MR) is 128 cm³/mol. The van der Waals surface area contributed by atoms with Gasteiger partial charge in [0.15, 0.2) is 5.16 Å². The first-order chi connectivity index (χ1) is 15.1. The van der Waals surface area contributed by atoms with E-state index in [1.165, 1.54) is 16.9 Å². The van der Waals surface area contributed by atoms with Gasteiger partial charge in [-0.05, 0) is 40.6 Å². The van der Waals surface area contributed by atoms with Crippen LogP contribution in [-0.4, -0.2) is 19.2 Å². The lowest BCUT2D eigenvalue weighted by atomic mass is 10.0. The van der Waals surface area contributed by atoms with Gasteiger partial charge < -0.3 is 0 Å². The van der Waals surface area contributed by atoms with Crippen LogP contribution in [0.3, 0.4) is 0 Å². The van der Waals surface area contributed by atoms with Crippen LogP contribution in [0.25, 0.3) is 16.0 Å². The first-order valence-corrected chi connectivity index (χ1v) is 12.1. The van der Waals surface area contributed by atoms with Crippen molar-refractivity contribution in [2.24, 2.45) is 0 Å². The summed E-state index contributed by atoms with van der Waals surface area (Å²) >= 11 is 9.06. The van der Waals surface area contributed by atoms with Crippen LogP contribution in [0.1, 0.15) is 24.0 Å². The van der Waals surface area contributed by atoms with E-state index in [0.717, 1.165) is 31.7 Å². The van der Waals surface area contributed by atoms with Crippen molar-refractivity contribution in [1.82, 2.24) is 19.2 Å². The summed E-state index contributed by atoms with van der Waals surface area (Å²) < 4.78 is 4.49. The van der Waals surface area contributed by atoms with Crippen LogP contribution >= 0.6 is 34.7 Å². The van der Waals surface area contributed by atoms with Gasteiger partial charge >= 0.3 is 0 Å². The molecule has 5 nitrogen and oxygen atoms in total.